The van der Waals surface area contributed by atoms with Crippen LogP contribution in [0.2, 0.25) is 13.1 Å². The lowest BCUT2D eigenvalue weighted by Crippen LogP contribution is -2.40. The van der Waals surface area contributed by atoms with Crippen molar-refractivity contribution in [2.24, 2.45) is 0 Å². The zero-order valence-corrected chi connectivity index (χ0v) is 19.7. The fourth-order valence-corrected chi connectivity index (χ4v) is 27.6. The molecule has 134 valence electrons. The minimum atomic E-state index is -1.07. The maximum atomic E-state index is 2.59. The maximum Gasteiger partial charge on any atom is 0.0952 e. The van der Waals surface area contributed by atoms with Crippen LogP contribution in [0.3, 0.4) is 0 Å². The van der Waals surface area contributed by atoms with Gasteiger partial charge in [-0.1, -0.05) is 109 Å². The normalized spacial score (nSPS) is 14.7. The monoisotopic (exact) mass is 392 g/mol. The van der Waals surface area contributed by atoms with Crippen LogP contribution in [0.1, 0.15) is 16.7 Å². The van der Waals surface area contributed by atoms with Crippen molar-refractivity contribution in [2.75, 3.05) is 0 Å². The lowest BCUT2D eigenvalue weighted by molar-refractivity contribution is 1.36. The van der Waals surface area contributed by atoms with Gasteiger partial charge in [0.05, 0.1) is 16.9 Å². The number of hydrogen-bond acceptors (Lipinski definition) is 0. The molecule has 0 saturated carbocycles. The van der Waals surface area contributed by atoms with Crippen molar-refractivity contribution in [3.63, 3.8) is 0 Å². The summed E-state index contributed by atoms with van der Waals surface area (Å²) in [5.41, 5.74) is 4.42. The minimum Gasteiger partial charge on any atom is -0.0953 e. The van der Waals surface area contributed by atoms with Crippen LogP contribution in [0, 0.1) is 20.8 Å². The lowest BCUT2D eigenvalue weighted by Gasteiger charge is -2.33. The number of aryl methyl sites for hydroxylation is 3. The summed E-state index contributed by atoms with van der Waals surface area (Å²) < 4.78 is 0. The first-order chi connectivity index (χ1) is 12.5. The zero-order chi connectivity index (χ0) is 18.7. The second kappa shape index (κ2) is 8.48. The van der Waals surface area contributed by atoms with Crippen molar-refractivity contribution in [1.82, 2.24) is 0 Å². The van der Waals surface area contributed by atoms with Crippen molar-refractivity contribution in [3.05, 3.63) is 89.5 Å². The topological polar surface area (TPSA) is 0 Å². The fraction of sp³-hybridized carbons (Fsp3) is 0.217. The number of hydrogen-bond donors (Lipinski definition) is 0. The lowest BCUT2D eigenvalue weighted by atomic mass is 10.1. The molecule has 3 rings (SSSR count). The molecule has 0 bridgehead atoms. The minimum absolute atomic E-state index is 0.107. The van der Waals surface area contributed by atoms with Crippen LogP contribution in [-0.2, 0) is 0 Å². The van der Waals surface area contributed by atoms with Gasteiger partial charge in [0.25, 0.3) is 0 Å². The summed E-state index contributed by atoms with van der Waals surface area (Å²) in [5, 5.41) is 4.94. The molecule has 0 spiro atoms. The first-order valence-corrected chi connectivity index (χ1v) is 17.5. The first kappa shape index (κ1) is 19.3. The van der Waals surface area contributed by atoms with Gasteiger partial charge in [-0.25, -0.2) is 0 Å². The van der Waals surface area contributed by atoms with E-state index in [0.717, 1.165) is 0 Å². The maximum absolute atomic E-state index is 2.59. The van der Waals surface area contributed by atoms with Crippen molar-refractivity contribution in [2.45, 2.75) is 33.9 Å². The Balaban J connectivity index is 2.14. The highest BCUT2D eigenvalue weighted by Crippen LogP contribution is 2.42. The van der Waals surface area contributed by atoms with Crippen LogP contribution in [0.5, 0.6) is 0 Å². The van der Waals surface area contributed by atoms with Gasteiger partial charge in [0.1, 0.15) is 0 Å². The largest absolute Gasteiger partial charge is 0.0953 e. The van der Waals surface area contributed by atoms with Crippen LogP contribution in [0.15, 0.2) is 72.8 Å². The van der Waals surface area contributed by atoms with Crippen LogP contribution < -0.4 is 15.7 Å². The molecule has 0 aromatic heterocycles. The zero-order valence-electron chi connectivity index (χ0n) is 16.5. The Morgan fingerprint density at radius 1 is 0.615 bits per heavy atom. The SMILES string of the molecule is Cc1cc(C)c(P([SiH](C)c2ccccc2)[SiH](C)c2ccccc2)c(C)c1. The van der Waals surface area contributed by atoms with E-state index in [0.29, 0.717) is 0 Å². The molecule has 3 heteroatoms. The molecule has 2 atom stereocenters. The van der Waals surface area contributed by atoms with Gasteiger partial charge in [-0.15, -0.1) is 0 Å². The summed E-state index contributed by atoms with van der Waals surface area (Å²) in [6.07, 6.45) is 0. The van der Waals surface area contributed by atoms with E-state index in [9.17, 15) is 0 Å². The highest BCUT2D eigenvalue weighted by molar-refractivity contribution is 8.19. The van der Waals surface area contributed by atoms with Crippen LogP contribution >= 0.6 is 7.02 Å². The van der Waals surface area contributed by atoms with Crippen molar-refractivity contribution >= 4 is 39.6 Å². The summed E-state index contributed by atoms with van der Waals surface area (Å²) in [5.74, 6) is 0. The van der Waals surface area contributed by atoms with Crippen molar-refractivity contribution in [1.29, 1.82) is 0 Å². The predicted octanol–water partition coefficient (Wildman–Crippen LogP) is 4.24. The summed E-state index contributed by atoms with van der Waals surface area (Å²) in [7, 11) is -2.26. The van der Waals surface area contributed by atoms with Crippen LogP contribution in [0.25, 0.3) is 0 Å². The molecule has 0 heterocycles. The molecule has 0 fully saturated rings. The summed E-state index contributed by atoms with van der Waals surface area (Å²) in [6, 6.07) is 27.5. The van der Waals surface area contributed by atoms with E-state index in [1.54, 1.807) is 15.7 Å². The standard InChI is InChI=1S/C23H29PSi2/c1-18-16-19(2)23(20(3)17-18)24(25(4)21-12-8-6-9-13-21)26(5)22-14-10-7-11-15-22/h6-17,25-26H,1-5H3. The van der Waals surface area contributed by atoms with Gasteiger partial charge >= 0.3 is 0 Å². The van der Waals surface area contributed by atoms with E-state index in [1.165, 1.54) is 16.7 Å². The highest BCUT2D eigenvalue weighted by Gasteiger charge is 2.31. The average molecular weight is 393 g/mol. The van der Waals surface area contributed by atoms with Gasteiger partial charge in [-0.3, -0.25) is 0 Å². The van der Waals surface area contributed by atoms with Gasteiger partial charge in [0.15, 0.2) is 0 Å². The summed E-state index contributed by atoms with van der Waals surface area (Å²) >= 11 is 0. The van der Waals surface area contributed by atoms with E-state index >= 15 is 0 Å². The Hall–Kier alpha value is -1.48. The Kier molecular flexibility index (Phi) is 6.29. The van der Waals surface area contributed by atoms with Gasteiger partial charge in [0.2, 0.25) is 0 Å². The molecule has 0 aliphatic rings. The smallest absolute Gasteiger partial charge is 0.0952 e. The molecule has 0 amide bonds. The third-order valence-electron chi connectivity index (χ3n) is 5.29. The van der Waals surface area contributed by atoms with E-state index in [1.807, 2.05) is 0 Å². The molecular formula is C23H29PSi2. The second-order valence-corrected chi connectivity index (χ2v) is 22.4. The molecule has 0 aliphatic carbocycles. The molecule has 0 saturated heterocycles. The Labute approximate surface area is 163 Å². The molecule has 0 radical (unpaired) electrons. The van der Waals surface area contributed by atoms with Gasteiger partial charge in [0, 0.05) is 0 Å². The van der Waals surface area contributed by atoms with Crippen molar-refractivity contribution < 1.29 is 0 Å². The van der Waals surface area contributed by atoms with Gasteiger partial charge in [-0.05, 0) is 37.2 Å². The van der Waals surface area contributed by atoms with E-state index < -0.39 is 16.9 Å². The summed E-state index contributed by atoms with van der Waals surface area (Å²) in [6.45, 7) is 12.1. The summed E-state index contributed by atoms with van der Waals surface area (Å²) in [4.78, 5) is 0. The quantitative estimate of drug-likeness (QED) is 0.450. The van der Waals surface area contributed by atoms with Gasteiger partial charge < -0.3 is 0 Å². The number of benzene rings is 3. The average Bonchev–Trinajstić information content (AvgIpc) is 2.65. The predicted molar refractivity (Wildman–Crippen MR) is 125 cm³/mol. The molecule has 3 aromatic rings. The Morgan fingerprint density at radius 2 is 1.00 bits per heavy atom. The van der Waals surface area contributed by atoms with Crippen molar-refractivity contribution in [3.8, 4) is 0 Å². The molecule has 0 N–H and O–H groups in total. The molecule has 0 aliphatic heterocycles. The Bertz CT molecular complexity index is 793. The Morgan fingerprint density at radius 3 is 1.38 bits per heavy atom. The molecule has 2 unspecified atom stereocenters. The first-order valence-electron chi connectivity index (χ1n) is 9.45. The second-order valence-electron chi connectivity index (χ2n) is 7.33. The van der Waals surface area contributed by atoms with E-state index in [2.05, 4.69) is 107 Å². The van der Waals surface area contributed by atoms with Crippen LogP contribution in [-0.4, -0.2) is 16.9 Å². The molecule has 26 heavy (non-hydrogen) atoms. The third-order valence-corrected chi connectivity index (χ3v) is 27.3. The molecule has 3 aromatic carbocycles. The molecular weight excluding hydrogens is 363 g/mol. The van der Waals surface area contributed by atoms with Crippen LogP contribution in [0.4, 0.5) is 0 Å². The third kappa shape index (κ3) is 4.09. The fourth-order valence-electron chi connectivity index (χ4n) is 4.09. The van der Waals surface area contributed by atoms with E-state index in [-0.39, 0.29) is 7.02 Å². The number of rotatable bonds is 5. The van der Waals surface area contributed by atoms with Gasteiger partial charge in [-0.2, -0.15) is 0 Å². The molecule has 0 nitrogen and oxygen atoms in total. The highest BCUT2D eigenvalue weighted by atomic mass is 31.6. The van der Waals surface area contributed by atoms with E-state index in [4.69, 9.17) is 0 Å².